The van der Waals surface area contributed by atoms with E-state index in [1.54, 1.807) is 5.57 Å². The number of thioether (sulfide) groups is 1. The van der Waals surface area contributed by atoms with Gasteiger partial charge in [0.2, 0.25) is 0 Å². The molecule has 0 radical (unpaired) electrons. The third-order valence-corrected chi connectivity index (χ3v) is 14.7. The summed E-state index contributed by atoms with van der Waals surface area (Å²) in [6.45, 7) is 14.7. The van der Waals surface area contributed by atoms with Crippen molar-refractivity contribution in [1.29, 1.82) is 0 Å². The number of hydrogen-bond acceptors (Lipinski definition) is 9. The number of hydrogen-bond donors (Lipinski definition) is 4. The topological polar surface area (TPSA) is 118 Å². The first kappa shape index (κ1) is 39.0. The van der Waals surface area contributed by atoms with Crippen LogP contribution in [-0.4, -0.2) is 102 Å². The van der Waals surface area contributed by atoms with Crippen molar-refractivity contribution in [2.75, 3.05) is 45.4 Å². The average molecular weight is 697 g/mol. The van der Waals surface area contributed by atoms with Crippen molar-refractivity contribution in [1.82, 2.24) is 0 Å². The zero-order valence-electron chi connectivity index (χ0n) is 30.6. The van der Waals surface area contributed by atoms with E-state index < -0.39 is 36.5 Å². The lowest BCUT2D eigenvalue weighted by Gasteiger charge is -2.58. The average Bonchev–Trinajstić information content (AvgIpc) is 3.42. The van der Waals surface area contributed by atoms with Crippen molar-refractivity contribution in [3.8, 4) is 0 Å². The number of fused-ring (bicyclic) bond motifs is 5. The molecule has 3 saturated carbocycles. The zero-order chi connectivity index (χ0) is 34.5. The Bertz CT molecular complexity index is 1020. The van der Waals surface area contributed by atoms with Crippen molar-refractivity contribution in [3.63, 3.8) is 0 Å². The Hall–Kier alpha value is -0.230. The van der Waals surface area contributed by atoms with Crippen LogP contribution in [0.3, 0.4) is 0 Å². The maximum atomic E-state index is 10.1. The predicted octanol–water partition coefficient (Wildman–Crippen LogP) is 5.98. The second-order valence-corrected chi connectivity index (χ2v) is 18.0. The highest BCUT2D eigenvalue weighted by atomic mass is 32.2. The van der Waals surface area contributed by atoms with E-state index in [-0.39, 0.29) is 6.10 Å². The molecule has 0 amide bonds. The Balaban J connectivity index is 0.971. The lowest BCUT2D eigenvalue weighted by Crippen LogP contribution is -2.57. The number of allylic oxidation sites excluding steroid dienone is 1. The van der Waals surface area contributed by atoms with Gasteiger partial charge in [-0.3, -0.25) is 0 Å². The Morgan fingerprint density at radius 2 is 1.62 bits per heavy atom. The fourth-order valence-corrected chi connectivity index (χ4v) is 11.8. The fourth-order valence-electron chi connectivity index (χ4n) is 10.8. The first-order valence-corrected chi connectivity index (χ1v) is 20.4. The van der Waals surface area contributed by atoms with Gasteiger partial charge in [0, 0.05) is 5.75 Å². The standard InChI is InChI=1S/C39H68O8S/c1-25(2)7-6-8-26(3)30-11-12-31-29-10-9-27-23-28(13-15-38(27,4)32(29)14-16-39(30,31)5)46-20-19-44-17-18-45-21-22-48-37-36(43)35(42)34(41)33(24-40)47-37/h9,25-26,28-37,40-43H,6-8,10-24H2,1-5H3/t26-,28-,29+,30-,31+,32+,33-,34+,35+,36-,37+,38+,39-/m1/s1. The number of aliphatic hydroxyl groups is 4. The highest BCUT2D eigenvalue weighted by Gasteiger charge is 2.59. The Labute approximate surface area is 295 Å². The van der Waals surface area contributed by atoms with Gasteiger partial charge in [-0.05, 0) is 97.7 Å². The Kier molecular flexibility index (Phi) is 14.2. The maximum Gasteiger partial charge on any atom is 0.132 e. The molecule has 4 N–H and O–H groups in total. The van der Waals surface area contributed by atoms with E-state index in [0.717, 1.165) is 48.3 Å². The highest BCUT2D eigenvalue weighted by molar-refractivity contribution is 7.99. The molecule has 0 aromatic carbocycles. The third-order valence-electron chi connectivity index (χ3n) is 13.6. The lowest BCUT2D eigenvalue weighted by molar-refractivity contribution is -0.205. The summed E-state index contributed by atoms with van der Waals surface area (Å²) in [6, 6.07) is 0. The summed E-state index contributed by atoms with van der Waals surface area (Å²) in [7, 11) is 0. The van der Waals surface area contributed by atoms with Gasteiger partial charge in [-0.15, -0.1) is 11.8 Å². The predicted molar refractivity (Wildman–Crippen MR) is 191 cm³/mol. The lowest BCUT2D eigenvalue weighted by atomic mass is 9.47. The van der Waals surface area contributed by atoms with Crippen LogP contribution in [0.25, 0.3) is 0 Å². The maximum absolute atomic E-state index is 10.1. The van der Waals surface area contributed by atoms with Crippen LogP contribution in [0.5, 0.6) is 0 Å². The summed E-state index contributed by atoms with van der Waals surface area (Å²) in [4.78, 5) is 0. The largest absolute Gasteiger partial charge is 0.394 e. The first-order chi connectivity index (χ1) is 23.0. The molecule has 0 aromatic heterocycles. The molecule has 0 bridgehead atoms. The van der Waals surface area contributed by atoms with Crippen LogP contribution >= 0.6 is 11.8 Å². The van der Waals surface area contributed by atoms with E-state index >= 15 is 0 Å². The molecule has 48 heavy (non-hydrogen) atoms. The van der Waals surface area contributed by atoms with Crippen LogP contribution < -0.4 is 0 Å². The van der Waals surface area contributed by atoms with E-state index in [1.165, 1.54) is 69.5 Å². The first-order valence-electron chi connectivity index (χ1n) is 19.4. The number of rotatable bonds is 17. The van der Waals surface area contributed by atoms with Gasteiger partial charge < -0.3 is 39.4 Å². The SMILES string of the molecule is CC(C)CCC[C@@H](C)[C@H]1CC[C@H]2[C@@H]3CC=C4C[C@H](OCCOCCOCCS[C@@H]5O[C@H](CO)[C@H](O)[C@H](O)[C@H]5O)CC[C@]4(C)[C@H]3CC[C@]12C. The summed E-state index contributed by atoms with van der Waals surface area (Å²) >= 11 is 1.29. The van der Waals surface area contributed by atoms with Gasteiger partial charge in [-0.25, -0.2) is 0 Å². The van der Waals surface area contributed by atoms with Crippen molar-refractivity contribution >= 4 is 11.8 Å². The summed E-state index contributed by atoms with van der Waals surface area (Å²) in [6.07, 6.45) is 12.8. The minimum Gasteiger partial charge on any atom is -0.394 e. The second-order valence-electron chi connectivity index (χ2n) is 16.8. The van der Waals surface area contributed by atoms with Gasteiger partial charge in [0.15, 0.2) is 0 Å². The van der Waals surface area contributed by atoms with E-state index in [1.807, 2.05) is 0 Å². The van der Waals surface area contributed by atoms with Crippen molar-refractivity contribution in [2.24, 2.45) is 46.3 Å². The van der Waals surface area contributed by atoms with Crippen molar-refractivity contribution in [2.45, 2.75) is 141 Å². The molecular formula is C39H68O8S. The van der Waals surface area contributed by atoms with Gasteiger partial charge in [0.1, 0.15) is 29.9 Å². The smallest absolute Gasteiger partial charge is 0.132 e. The van der Waals surface area contributed by atoms with Gasteiger partial charge in [0.05, 0.1) is 45.7 Å². The summed E-state index contributed by atoms with van der Waals surface area (Å²) < 4.78 is 23.3. The Morgan fingerprint density at radius 3 is 2.38 bits per heavy atom. The molecule has 0 aromatic rings. The molecule has 1 aliphatic heterocycles. The van der Waals surface area contributed by atoms with Crippen molar-refractivity contribution < 1.29 is 39.4 Å². The molecule has 0 spiro atoms. The minimum atomic E-state index is -1.35. The van der Waals surface area contributed by atoms with E-state index in [9.17, 15) is 20.4 Å². The van der Waals surface area contributed by atoms with Crippen LogP contribution in [0, 0.1) is 46.3 Å². The van der Waals surface area contributed by atoms with Crippen molar-refractivity contribution in [3.05, 3.63) is 11.6 Å². The molecule has 4 aliphatic carbocycles. The summed E-state index contributed by atoms with van der Waals surface area (Å²) in [5.41, 5.74) is 1.84. The quantitative estimate of drug-likeness (QED) is 0.108. The van der Waals surface area contributed by atoms with Crippen LogP contribution in [0.4, 0.5) is 0 Å². The molecule has 8 nitrogen and oxygen atoms in total. The third kappa shape index (κ3) is 8.69. The summed E-state index contributed by atoms with van der Waals surface area (Å²) in [5.74, 6) is 5.75. The van der Waals surface area contributed by atoms with Gasteiger partial charge in [-0.1, -0.05) is 65.5 Å². The molecule has 1 saturated heterocycles. The van der Waals surface area contributed by atoms with Crippen LogP contribution in [0.1, 0.15) is 105 Å². The van der Waals surface area contributed by atoms with E-state index in [0.29, 0.717) is 49.6 Å². The molecule has 5 rings (SSSR count). The molecule has 1 heterocycles. The zero-order valence-corrected chi connectivity index (χ0v) is 31.4. The van der Waals surface area contributed by atoms with Gasteiger partial charge in [-0.2, -0.15) is 0 Å². The molecule has 13 atom stereocenters. The molecule has 5 aliphatic rings. The Morgan fingerprint density at radius 1 is 0.875 bits per heavy atom. The second kappa shape index (κ2) is 17.5. The molecular weight excluding hydrogens is 628 g/mol. The fraction of sp³-hybridized carbons (Fsp3) is 0.949. The molecule has 9 heteroatoms. The molecule has 278 valence electrons. The number of ether oxygens (including phenoxy) is 4. The van der Waals surface area contributed by atoms with E-state index in [4.69, 9.17) is 18.9 Å². The van der Waals surface area contributed by atoms with Crippen LogP contribution in [-0.2, 0) is 18.9 Å². The molecule has 0 unspecified atom stereocenters. The van der Waals surface area contributed by atoms with E-state index in [2.05, 4.69) is 40.7 Å². The monoisotopic (exact) mass is 696 g/mol. The minimum absolute atomic E-state index is 0.288. The van der Waals surface area contributed by atoms with Gasteiger partial charge in [0.25, 0.3) is 0 Å². The summed E-state index contributed by atoms with van der Waals surface area (Å²) in [5, 5.41) is 39.3. The van der Waals surface area contributed by atoms with Crippen LogP contribution in [0.2, 0.25) is 0 Å². The van der Waals surface area contributed by atoms with Gasteiger partial charge >= 0.3 is 0 Å². The normalized spacial score (nSPS) is 41.8. The van der Waals surface area contributed by atoms with Crippen LogP contribution in [0.15, 0.2) is 11.6 Å². The number of aliphatic hydroxyl groups excluding tert-OH is 4. The molecule has 4 fully saturated rings. The highest BCUT2D eigenvalue weighted by Crippen LogP contribution is 2.67.